The lowest BCUT2D eigenvalue weighted by atomic mass is 10.1. The summed E-state index contributed by atoms with van der Waals surface area (Å²) in [6.07, 6.45) is 7.54. The molecule has 0 unspecified atom stereocenters. The number of ether oxygens (including phenoxy) is 1. The maximum atomic E-state index is 12.3. The smallest absolute Gasteiger partial charge is 0.344 e. The molecule has 0 aliphatic carbocycles. The van der Waals surface area contributed by atoms with Gasteiger partial charge in [0, 0.05) is 5.56 Å². The fourth-order valence-corrected chi connectivity index (χ4v) is 2.77. The quantitative estimate of drug-likeness (QED) is 0.433. The molecule has 0 N–H and O–H groups in total. The Morgan fingerprint density at radius 1 is 1.00 bits per heavy atom. The largest absolute Gasteiger partial charge is 0.402 e. The van der Waals surface area contributed by atoms with Crippen molar-refractivity contribution in [3.8, 4) is 23.2 Å². The minimum Gasteiger partial charge on any atom is -0.402 e. The topological polar surface area (TPSA) is 75.9 Å². The van der Waals surface area contributed by atoms with Crippen LogP contribution in [0.15, 0.2) is 60.9 Å². The predicted octanol–water partition coefficient (Wildman–Crippen LogP) is 4.97. The van der Waals surface area contributed by atoms with Crippen molar-refractivity contribution in [3.63, 3.8) is 0 Å². The second-order valence-corrected chi connectivity index (χ2v) is 6.47. The van der Waals surface area contributed by atoms with Crippen LogP contribution in [0.25, 0.3) is 11.3 Å². The van der Waals surface area contributed by atoms with Crippen LogP contribution in [-0.4, -0.2) is 15.9 Å². The molecule has 3 aromatic rings. The van der Waals surface area contributed by atoms with Gasteiger partial charge in [-0.1, -0.05) is 44.0 Å². The van der Waals surface area contributed by atoms with E-state index in [0.29, 0.717) is 16.8 Å². The highest BCUT2D eigenvalue weighted by Gasteiger charge is 2.10. The number of unbranched alkanes of at least 4 members (excludes halogenated alkanes) is 2. The first kappa shape index (κ1) is 19.2. The summed E-state index contributed by atoms with van der Waals surface area (Å²) in [4.78, 5) is 20.7. The van der Waals surface area contributed by atoms with E-state index in [2.05, 4.69) is 23.0 Å². The lowest BCUT2D eigenvalue weighted by Crippen LogP contribution is -2.09. The van der Waals surface area contributed by atoms with Gasteiger partial charge < -0.3 is 4.74 Å². The second kappa shape index (κ2) is 9.43. The molecule has 0 radical (unpaired) electrons. The summed E-state index contributed by atoms with van der Waals surface area (Å²) in [7, 11) is 0. The van der Waals surface area contributed by atoms with Crippen molar-refractivity contribution in [2.75, 3.05) is 0 Å². The molecule has 0 aliphatic heterocycles. The molecule has 0 aliphatic rings. The summed E-state index contributed by atoms with van der Waals surface area (Å²) in [5, 5.41) is 8.85. The summed E-state index contributed by atoms with van der Waals surface area (Å²) in [6, 6.07) is 16.6. The lowest BCUT2D eigenvalue weighted by molar-refractivity contribution is 0.0727. The number of benzene rings is 2. The van der Waals surface area contributed by atoms with E-state index < -0.39 is 5.97 Å². The Labute approximate surface area is 164 Å². The third-order valence-electron chi connectivity index (χ3n) is 4.39. The Morgan fingerprint density at radius 3 is 2.36 bits per heavy atom. The molecule has 5 heteroatoms. The van der Waals surface area contributed by atoms with Crippen molar-refractivity contribution < 1.29 is 9.53 Å². The Hall–Kier alpha value is -3.52. The minimum absolute atomic E-state index is 0.148. The fourth-order valence-electron chi connectivity index (χ4n) is 2.77. The van der Waals surface area contributed by atoms with Crippen LogP contribution < -0.4 is 4.74 Å². The van der Waals surface area contributed by atoms with Gasteiger partial charge in [-0.15, -0.1) is 0 Å². The summed E-state index contributed by atoms with van der Waals surface area (Å²) in [5.74, 6) is -0.310. The summed E-state index contributed by atoms with van der Waals surface area (Å²) in [5.41, 5.74) is 3.76. The number of hydrogen-bond acceptors (Lipinski definition) is 5. The highest BCUT2D eigenvalue weighted by Crippen LogP contribution is 2.18. The van der Waals surface area contributed by atoms with Gasteiger partial charge in [0.25, 0.3) is 0 Å². The first-order chi connectivity index (χ1) is 13.7. The van der Waals surface area contributed by atoms with Crippen molar-refractivity contribution in [2.45, 2.75) is 32.6 Å². The first-order valence-corrected chi connectivity index (χ1v) is 9.33. The van der Waals surface area contributed by atoms with Crippen LogP contribution in [0.3, 0.4) is 0 Å². The highest BCUT2D eigenvalue weighted by atomic mass is 16.5. The standard InChI is InChI=1S/C23H21N3O2/c1-2-3-4-5-17-6-12-20(13-7-17)23(27)28-22-16-25-21(15-26-22)19-10-8-18(14-24)9-11-19/h6-13,15-16H,2-5H2,1H3. The van der Waals surface area contributed by atoms with Crippen LogP contribution >= 0.6 is 0 Å². The highest BCUT2D eigenvalue weighted by molar-refractivity contribution is 5.90. The molecular formula is C23H21N3O2. The third kappa shape index (κ3) is 5.01. The molecule has 5 nitrogen and oxygen atoms in total. The summed E-state index contributed by atoms with van der Waals surface area (Å²) in [6.45, 7) is 2.18. The van der Waals surface area contributed by atoms with Gasteiger partial charge in [-0.3, -0.25) is 0 Å². The average Bonchev–Trinajstić information content (AvgIpc) is 2.75. The van der Waals surface area contributed by atoms with Gasteiger partial charge in [-0.05, 0) is 42.7 Å². The molecule has 0 atom stereocenters. The molecule has 28 heavy (non-hydrogen) atoms. The van der Waals surface area contributed by atoms with E-state index in [-0.39, 0.29) is 5.88 Å². The number of carbonyl (C=O) groups is 1. The molecule has 140 valence electrons. The van der Waals surface area contributed by atoms with Crippen molar-refractivity contribution in [2.24, 2.45) is 0 Å². The number of aryl methyl sites for hydroxylation is 1. The van der Waals surface area contributed by atoms with E-state index in [0.717, 1.165) is 18.4 Å². The lowest BCUT2D eigenvalue weighted by Gasteiger charge is -2.06. The number of esters is 1. The van der Waals surface area contributed by atoms with Gasteiger partial charge in [0.05, 0.1) is 35.3 Å². The van der Waals surface area contributed by atoms with Gasteiger partial charge >= 0.3 is 5.97 Å². The monoisotopic (exact) mass is 371 g/mol. The Kier molecular flexibility index (Phi) is 6.48. The van der Waals surface area contributed by atoms with Gasteiger partial charge in [0.15, 0.2) is 0 Å². The van der Waals surface area contributed by atoms with E-state index >= 15 is 0 Å². The zero-order valence-electron chi connectivity index (χ0n) is 15.8. The van der Waals surface area contributed by atoms with Crippen LogP contribution in [-0.2, 0) is 6.42 Å². The number of nitrogens with zero attached hydrogens (tertiary/aromatic N) is 3. The number of nitriles is 1. The summed E-state index contributed by atoms with van der Waals surface area (Å²) < 4.78 is 5.31. The van der Waals surface area contributed by atoms with Crippen LogP contribution in [0.1, 0.15) is 47.7 Å². The van der Waals surface area contributed by atoms with Gasteiger partial charge in [0.2, 0.25) is 5.88 Å². The van der Waals surface area contributed by atoms with Crippen LogP contribution in [0.2, 0.25) is 0 Å². The Morgan fingerprint density at radius 2 is 1.75 bits per heavy atom. The molecule has 0 amide bonds. The van der Waals surface area contributed by atoms with Crippen LogP contribution in [0, 0.1) is 11.3 Å². The SMILES string of the molecule is CCCCCc1ccc(C(=O)Oc2cnc(-c3ccc(C#N)cc3)cn2)cc1. The molecule has 3 rings (SSSR count). The fraction of sp³-hybridized carbons (Fsp3) is 0.217. The van der Waals surface area contributed by atoms with Crippen molar-refractivity contribution in [3.05, 3.63) is 77.6 Å². The maximum absolute atomic E-state index is 12.3. The van der Waals surface area contributed by atoms with Gasteiger partial charge in [0.1, 0.15) is 0 Å². The maximum Gasteiger partial charge on any atom is 0.344 e. The number of hydrogen-bond donors (Lipinski definition) is 0. The van der Waals surface area contributed by atoms with E-state index in [1.165, 1.54) is 24.6 Å². The molecule has 0 spiro atoms. The molecule has 1 heterocycles. The van der Waals surface area contributed by atoms with Crippen molar-refractivity contribution >= 4 is 5.97 Å². The zero-order valence-corrected chi connectivity index (χ0v) is 15.8. The Bertz CT molecular complexity index is 957. The molecular weight excluding hydrogens is 350 g/mol. The minimum atomic E-state index is -0.458. The molecule has 1 aromatic heterocycles. The number of aromatic nitrogens is 2. The van der Waals surface area contributed by atoms with Crippen molar-refractivity contribution in [1.82, 2.24) is 9.97 Å². The van der Waals surface area contributed by atoms with E-state index in [1.54, 1.807) is 42.6 Å². The van der Waals surface area contributed by atoms with E-state index in [4.69, 9.17) is 10.00 Å². The van der Waals surface area contributed by atoms with E-state index in [9.17, 15) is 4.79 Å². The second-order valence-electron chi connectivity index (χ2n) is 6.47. The number of carbonyl (C=O) groups excluding carboxylic acids is 1. The van der Waals surface area contributed by atoms with Crippen LogP contribution in [0.4, 0.5) is 0 Å². The van der Waals surface area contributed by atoms with Gasteiger partial charge in [-0.25, -0.2) is 14.8 Å². The normalized spacial score (nSPS) is 10.3. The predicted molar refractivity (Wildman–Crippen MR) is 107 cm³/mol. The van der Waals surface area contributed by atoms with E-state index in [1.807, 2.05) is 12.1 Å². The first-order valence-electron chi connectivity index (χ1n) is 9.33. The molecule has 2 aromatic carbocycles. The molecule has 0 saturated heterocycles. The molecule has 0 fully saturated rings. The molecule has 0 saturated carbocycles. The van der Waals surface area contributed by atoms with Gasteiger partial charge in [-0.2, -0.15) is 5.26 Å². The average molecular weight is 371 g/mol. The summed E-state index contributed by atoms with van der Waals surface area (Å²) >= 11 is 0. The van der Waals surface area contributed by atoms with Crippen LogP contribution in [0.5, 0.6) is 5.88 Å². The van der Waals surface area contributed by atoms with Crippen molar-refractivity contribution in [1.29, 1.82) is 5.26 Å². The molecule has 0 bridgehead atoms. The number of rotatable bonds is 7. The Balaban J connectivity index is 1.61. The zero-order chi connectivity index (χ0) is 19.8. The third-order valence-corrected chi connectivity index (χ3v) is 4.39.